The Balaban J connectivity index is 1.81. The number of halogens is 1. The fraction of sp³-hybridized carbons (Fsp3) is 0.467. The zero-order chi connectivity index (χ0) is 15.0. The van der Waals surface area contributed by atoms with E-state index in [1.807, 2.05) is 0 Å². The molecule has 0 radical (unpaired) electrons. The van der Waals surface area contributed by atoms with Gasteiger partial charge >= 0.3 is 0 Å². The molecule has 1 saturated carbocycles. The monoisotopic (exact) mass is 307 g/mol. The predicted octanol–water partition coefficient (Wildman–Crippen LogP) is 3.21. The minimum absolute atomic E-state index is 0.351. The summed E-state index contributed by atoms with van der Waals surface area (Å²) in [4.78, 5) is 6.74. The molecule has 0 N–H and O–H groups in total. The van der Waals surface area contributed by atoms with Gasteiger partial charge < -0.3 is 14.2 Å². The van der Waals surface area contributed by atoms with Crippen LogP contribution in [0.15, 0.2) is 22.7 Å². The van der Waals surface area contributed by atoms with Crippen LogP contribution in [0.3, 0.4) is 0 Å². The topological polar surface area (TPSA) is 51.4 Å². The first-order valence-electron chi connectivity index (χ1n) is 6.92. The van der Waals surface area contributed by atoms with Crippen LogP contribution in [0.1, 0.15) is 24.7 Å². The van der Waals surface area contributed by atoms with Gasteiger partial charge in [-0.15, -0.1) is 0 Å². The lowest BCUT2D eigenvalue weighted by Crippen LogP contribution is -2.39. The van der Waals surface area contributed by atoms with Crippen molar-refractivity contribution in [1.29, 1.82) is 0 Å². The first-order valence-corrected chi connectivity index (χ1v) is 7.30. The quantitative estimate of drug-likeness (QED) is 0.868. The maximum absolute atomic E-state index is 6.04. The molecule has 0 spiro atoms. The maximum Gasteiger partial charge on any atom is 0.230 e. The van der Waals surface area contributed by atoms with Crippen LogP contribution >= 0.6 is 11.6 Å². The summed E-state index contributed by atoms with van der Waals surface area (Å²) in [6.45, 7) is 0. The molecule has 2 aromatic rings. The summed E-state index contributed by atoms with van der Waals surface area (Å²) in [7, 11) is 5.80. The van der Waals surface area contributed by atoms with Crippen LogP contribution < -0.4 is 4.74 Å². The van der Waals surface area contributed by atoms with Gasteiger partial charge in [0.05, 0.1) is 12.7 Å². The largest absolute Gasteiger partial charge is 0.496 e. The second kappa shape index (κ2) is 5.66. The number of rotatable bonds is 4. The summed E-state index contributed by atoms with van der Waals surface area (Å²) in [6, 6.07) is 5.97. The molecule has 6 heteroatoms. The minimum Gasteiger partial charge on any atom is -0.496 e. The summed E-state index contributed by atoms with van der Waals surface area (Å²) in [5, 5.41) is 4.69. The van der Waals surface area contributed by atoms with E-state index in [4.69, 9.17) is 20.9 Å². The number of aromatic nitrogens is 2. The summed E-state index contributed by atoms with van der Waals surface area (Å²) in [5.74, 6) is 2.26. The van der Waals surface area contributed by atoms with Crippen molar-refractivity contribution >= 4 is 11.6 Å². The number of methoxy groups -OCH3 is 1. The SMILES string of the molecule is COc1ccc(Cl)cc1-c1noc(C2CC(N(C)C)C2)n1. The van der Waals surface area contributed by atoms with Crippen LogP contribution in [0, 0.1) is 0 Å². The Kier molecular flexibility index (Phi) is 3.87. The van der Waals surface area contributed by atoms with E-state index >= 15 is 0 Å². The van der Waals surface area contributed by atoms with Crippen molar-refractivity contribution in [2.45, 2.75) is 24.8 Å². The van der Waals surface area contributed by atoms with Crippen LogP contribution in [0.25, 0.3) is 11.4 Å². The Morgan fingerprint density at radius 3 is 2.76 bits per heavy atom. The van der Waals surface area contributed by atoms with E-state index in [0.717, 1.165) is 18.4 Å². The molecule has 1 aromatic carbocycles. The number of hydrogen-bond acceptors (Lipinski definition) is 5. The average Bonchev–Trinajstić information content (AvgIpc) is 2.85. The molecule has 3 rings (SSSR count). The molecule has 0 aliphatic heterocycles. The van der Waals surface area contributed by atoms with Gasteiger partial charge in [-0.25, -0.2) is 0 Å². The lowest BCUT2D eigenvalue weighted by molar-refractivity contribution is 0.144. The van der Waals surface area contributed by atoms with Gasteiger partial charge in [-0.1, -0.05) is 16.8 Å². The molecule has 0 atom stereocenters. The molecule has 112 valence electrons. The van der Waals surface area contributed by atoms with Gasteiger partial charge in [0.2, 0.25) is 11.7 Å². The van der Waals surface area contributed by atoms with Crippen LogP contribution in [0.5, 0.6) is 5.75 Å². The molecule has 1 heterocycles. The highest BCUT2D eigenvalue weighted by molar-refractivity contribution is 6.30. The van der Waals surface area contributed by atoms with Crippen molar-refractivity contribution in [3.8, 4) is 17.1 Å². The van der Waals surface area contributed by atoms with Gasteiger partial charge in [0.25, 0.3) is 0 Å². The number of ether oxygens (including phenoxy) is 1. The third kappa shape index (κ3) is 2.76. The van der Waals surface area contributed by atoms with Crippen molar-refractivity contribution in [2.24, 2.45) is 0 Å². The Bertz CT molecular complexity index is 636. The van der Waals surface area contributed by atoms with Gasteiger partial charge in [-0.3, -0.25) is 0 Å². The second-order valence-electron chi connectivity index (χ2n) is 5.59. The highest BCUT2D eigenvalue weighted by atomic mass is 35.5. The van der Waals surface area contributed by atoms with Crippen molar-refractivity contribution < 1.29 is 9.26 Å². The lowest BCUT2D eigenvalue weighted by Gasteiger charge is -2.37. The first kappa shape index (κ1) is 14.4. The van der Waals surface area contributed by atoms with E-state index in [2.05, 4.69) is 29.1 Å². The highest BCUT2D eigenvalue weighted by Crippen LogP contribution is 2.39. The molecule has 0 bridgehead atoms. The van der Waals surface area contributed by atoms with E-state index in [0.29, 0.717) is 34.4 Å². The number of hydrogen-bond donors (Lipinski definition) is 0. The normalized spacial score (nSPS) is 21.4. The number of nitrogens with zero attached hydrogens (tertiary/aromatic N) is 3. The van der Waals surface area contributed by atoms with E-state index in [-0.39, 0.29) is 0 Å². The van der Waals surface area contributed by atoms with Crippen molar-refractivity contribution in [2.75, 3.05) is 21.2 Å². The molecule has 1 aliphatic rings. The lowest BCUT2D eigenvalue weighted by atomic mass is 9.79. The zero-order valence-corrected chi connectivity index (χ0v) is 13.1. The van der Waals surface area contributed by atoms with Gasteiger partial charge in [0.1, 0.15) is 5.75 Å². The van der Waals surface area contributed by atoms with E-state index < -0.39 is 0 Å². The molecule has 21 heavy (non-hydrogen) atoms. The molecular weight excluding hydrogens is 290 g/mol. The van der Waals surface area contributed by atoms with E-state index in [1.165, 1.54) is 0 Å². The van der Waals surface area contributed by atoms with Crippen LogP contribution in [0.4, 0.5) is 0 Å². The van der Waals surface area contributed by atoms with Crippen LogP contribution in [0.2, 0.25) is 5.02 Å². The fourth-order valence-electron chi connectivity index (χ4n) is 2.58. The Morgan fingerprint density at radius 1 is 1.33 bits per heavy atom. The molecule has 5 nitrogen and oxygen atoms in total. The molecule has 0 unspecified atom stereocenters. The Morgan fingerprint density at radius 2 is 2.10 bits per heavy atom. The van der Waals surface area contributed by atoms with Crippen molar-refractivity contribution in [3.05, 3.63) is 29.1 Å². The Labute approximate surface area is 128 Å². The third-order valence-electron chi connectivity index (χ3n) is 4.04. The Hall–Kier alpha value is -1.59. The maximum atomic E-state index is 6.04. The van der Waals surface area contributed by atoms with Crippen LogP contribution in [-0.2, 0) is 0 Å². The molecule has 0 saturated heterocycles. The molecule has 0 amide bonds. The first-order chi connectivity index (χ1) is 10.1. The summed E-state index contributed by atoms with van der Waals surface area (Å²) >= 11 is 6.04. The third-order valence-corrected chi connectivity index (χ3v) is 4.27. The molecular formula is C15H18ClN3O2. The van der Waals surface area contributed by atoms with E-state index in [1.54, 1.807) is 25.3 Å². The van der Waals surface area contributed by atoms with Crippen molar-refractivity contribution in [1.82, 2.24) is 15.0 Å². The standard InChI is InChI=1S/C15H18ClN3O2/c1-19(2)11-6-9(7-11)15-17-14(18-21-15)12-8-10(16)4-5-13(12)20-3/h4-5,8-9,11H,6-7H2,1-3H3. The fourth-order valence-corrected chi connectivity index (χ4v) is 2.75. The molecule has 1 aromatic heterocycles. The molecule has 1 fully saturated rings. The predicted molar refractivity (Wildman–Crippen MR) is 80.7 cm³/mol. The zero-order valence-electron chi connectivity index (χ0n) is 12.3. The van der Waals surface area contributed by atoms with Crippen LogP contribution in [-0.4, -0.2) is 42.3 Å². The van der Waals surface area contributed by atoms with Gasteiger partial charge in [0.15, 0.2) is 0 Å². The highest BCUT2D eigenvalue weighted by Gasteiger charge is 2.35. The summed E-state index contributed by atoms with van der Waals surface area (Å²) in [5.41, 5.74) is 0.753. The second-order valence-corrected chi connectivity index (χ2v) is 6.02. The van der Waals surface area contributed by atoms with Gasteiger partial charge in [-0.05, 0) is 45.1 Å². The smallest absolute Gasteiger partial charge is 0.230 e. The van der Waals surface area contributed by atoms with Crippen molar-refractivity contribution in [3.63, 3.8) is 0 Å². The van der Waals surface area contributed by atoms with Gasteiger partial charge in [-0.2, -0.15) is 4.98 Å². The summed E-state index contributed by atoms with van der Waals surface area (Å²) in [6.07, 6.45) is 2.11. The average molecular weight is 308 g/mol. The number of benzene rings is 1. The minimum atomic E-state index is 0.351. The molecule has 1 aliphatic carbocycles. The van der Waals surface area contributed by atoms with Gasteiger partial charge in [0, 0.05) is 17.0 Å². The van der Waals surface area contributed by atoms with E-state index in [9.17, 15) is 0 Å². The summed E-state index contributed by atoms with van der Waals surface area (Å²) < 4.78 is 10.7.